The van der Waals surface area contributed by atoms with Gasteiger partial charge in [-0.2, -0.15) is 0 Å². The van der Waals surface area contributed by atoms with Gasteiger partial charge in [0.2, 0.25) is 0 Å². The normalized spacial score (nSPS) is 12.9. The topological polar surface area (TPSA) is 32.3 Å². The van der Waals surface area contributed by atoms with Crippen molar-refractivity contribution in [3.05, 3.63) is 33.5 Å². The number of aliphatic hydroxyl groups excluding tert-OH is 1. The number of aryl methyl sites for hydroxylation is 1. The molecule has 0 aliphatic heterocycles. The van der Waals surface area contributed by atoms with E-state index in [1.807, 2.05) is 6.92 Å². The minimum Gasteiger partial charge on any atom is -0.387 e. The van der Waals surface area contributed by atoms with E-state index in [0.29, 0.717) is 16.6 Å². The molecule has 14 heavy (non-hydrogen) atoms. The minimum absolute atomic E-state index is 0.319. The van der Waals surface area contributed by atoms with E-state index in [1.54, 1.807) is 13.1 Å². The summed E-state index contributed by atoms with van der Waals surface area (Å²) in [5.74, 6) is -0.384. The highest BCUT2D eigenvalue weighted by molar-refractivity contribution is 9.10. The van der Waals surface area contributed by atoms with Gasteiger partial charge in [-0.15, -0.1) is 0 Å². The fourth-order valence-electron chi connectivity index (χ4n) is 1.28. The van der Waals surface area contributed by atoms with Crippen LogP contribution in [0.1, 0.15) is 17.2 Å². The van der Waals surface area contributed by atoms with Crippen LogP contribution in [0.5, 0.6) is 0 Å². The standard InChI is InChI=1S/C10H13BrFNO/c1-6-3-4-7(12)9(10(6)11)8(14)5-13-2/h3-4,8,13-14H,5H2,1-2H3. The van der Waals surface area contributed by atoms with E-state index < -0.39 is 6.10 Å². The first kappa shape index (κ1) is 11.6. The van der Waals surface area contributed by atoms with Crippen molar-refractivity contribution in [2.45, 2.75) is 13.0 Å². The Morgan fingerprint density at radius 3 is 2.79 bits per heavy atom. The Labute approximate surface area is 91.3 Å². The first-order valence-electron chi connectivity index (χ1n) is 4.35. The average molecular weight is 262 g/mol. The Morgan fingerprint density at radius 2 is 2.21 bits per heavy atom. The van der Waals surface area contributed by atoms with Gasteiger partial charge in [0.1, 0.15) is 5.82 Å². The maximum Gasteiger partial charge on any atom is 0.130 e. The number of rotatable bonds is 3. The number of benzene rings is 1. The predicted octanol–water partition coefficient (Wildman–Crippen LogP) is 2.15. The molecule has 0 aromatic heterocycles. The number of hydrogen-bond donors (Lipinski definition) is 2. The molecular formula is C10H13BrFNO. The summed E-state index contributed by atoms with van der Waals surface area (Å²) < 4.78 is 14.0. The number of hydrogen-bond acceptors (Lipinski definition) is 2. The number of likely N-dealkylation sites (N-methyl/N-ethyl adjacent to an activating group) is 1. The summed E-state index contributed by atoms with van der Waals surface area (Å²) >= 11 is 3.27. The number of nitrogens with one attached hydrogen (secondary N) is 1. The minimum atomic E-state index is -0.825. The molecule has 1 rings (SSSR count). The molecule has 2 nitrogen and oxygen atoms in total. The second-order valence-corrected chi connectivity index (χ2v) is 3.96. The van der Waals surface area contributed by atoms with Gasteiger partial charge in [-0.05, 0) is 25.6 Å². The van der Waals surface area contributed by atoms with Crippen molar-refractivity contribution in [1.29, 1.82) is 0 Å². The summed E-state index contributed by atoms with van der Waals surface area (Å²) in [6.45, 7) is 2.19. The third kappa shape index (κ3) is 2.32. The highest BCUT2D eigenvalue weighted by atomic mass is 79.9. The van der Waals surface area contributed by atoms with Gasteiger partial charge in [0.25, 0.3) is 0 Å². The van der Waals surface area contributed by atoms with Gasteiger partial charge in [0.15, 0.2) is 0 Å². The molecule has 0 saturated carbocycles. The summed E-state index contributed by atoms with van der Waals surface area (Å²) in [4.78, 5) is 0. The monoisotopic (exact) mass is 261 g/mol. The molecule has 1 unspecified atom stereocenters. The molecule has 0 fully saturated rings. The van der Waals surface area contributed by atoms with E-state index in [4.69, 9.17) is 0 Å². The molecule has 0 radical (unpaired) electrons. The molecular weight excluding hydrogens is 249 g/mol. The average Bonchev–Trinajstić information content (AvgIpc) is 2.13. The number of halogens is 2. The van der Waals surface area contributed by atoms with Crippen molar-refractivity contribution in [3.63, 3.8) is 0 Å². The van der Waals surface area contributed by atoms with Crippen LogP contribution in [0.2, 0.25) is 0 Å². The molecule has 0 heterocycles. The molecule has 4 heteroatoms. The van der Waals surface area contributed by atoms with Gasteiger partial charge in [-0.1, -0.05) is 22.0 Å². The van der Waals surface area contributed by atoms with Crippen LogP contribution in [0.15, 0.2) is 16.6 Å². The summed E-state index contributed by atoms with van der Waals surface area (Å²) in [6.07, 6.45) is -0.825. The maximum absolute atomic E-state index is 13.4. The fraction of sp³-hybridized carbons (Fsp3) is 0.400. The smallest absolute Gasteiger partial charge is 0.130 e. The van der Waals surface area contributed by atoms with Gasteiger partial charge in [0.05, 0.1) is 6.10 Å². The highest BCUT2D eigenvalue weighted by Gasteiger charge is 2.16. The molecule has 0 spiro atoms. The van der Waals surface area contributed by atoms with Crippen LogP contribution in [0.3, 0.4) is 0 Å². The van der Waals surface area contributed by atoms with Crippen LogP contribution in [0, 0.1) is 12.7 Å². The van der Waals surface area contributed by atoms with Crippen molar-refractivity contribution >= 4 is 15.9 Å². The molecule has 0 bridgehead atoms. The first-order chi connectivity index (χ1) is 6.57. The Hall–Kier alpha value is -0.450. The van der Waals surface area contributed by atoms with E-state index in [2.05, 4.69) is 21.2 Å². The lowest BCUT2D eigenvalue weighted by Crippen LogP contribution is -2.18. The van der Waals surface area contributed by atoms with Crippen molar-refractivity contribution in [2.24, 2.45) is 0 Å². The van der Waals surface area contributed by atoms with Crippen LogP contribution in [0.25, 0.3) is 0 Å². The largest absolute Gasteiger partial charge is 0.387 e. The molecule has 2 N–H and O–H groups in total. The fourth-order valence-corrected chi connectivity index (χ4v) is 1.87. The van der Waals surface area contributed by atoms with E-state index in [9.17, 15) is 9.50 Å². The molecule has 1 aromatic carbocycles. The summed E-state index contributed by atoms with van der Waals surface area (Å²) in [7, 11) is 1.71. The molecule has 78 valence electrons. The molecule has 0 amide bonds. The quantitative estimate of drug-likeness (QED) is 0.874. The van der Waals surface area contributed by atoms with E-state index in [-0.39, 0.29) is 5.82 Å². The number of aliphatic hydroxyl groups is 1. The SMILES string of the molecule is CNCC(O)c1c(F)ccc(C)c1Br. The summed E-state index contributed by atoms with van der Waals surface area (Å²) in [5, 5.41) is 12.5. The van der Waals surface area contributed by atoms with Gasteiger partial charge < -0.3 is 10.4 Å². The zero-order chi connectivity index (χ0) is 10.7. The lowest BCUT2D eigenvalue weighted by molar-refractivity contribution is 0.172. The van der Waals surface area contributed by atoms with E-state index in [1.165, 1.54) is 6.07 Å². The van der Waals surface area contributed by atoms with Crippen molar-refractivity contribution in [1.82, 2.24) is 5.32 Å². The molecule has 1 aromatic rings. The summed E-state index contributed by atoms with van der Waals surface area (Å²) in [5.41, 5.74) is 1.23. The second kappa shape index (κ2) is 4.87. The Bertz CT molecular complexity index is 330. The Kier molecular flexibility index (Phi) is 4.04. The van der Waals surface area contributed by atoms with Crippen LogP contribution >= 0.6 is 15.9 Å². The van der Waals surface area contributed by atoms with E-state index in [0.717, 1.165) is 5.56 Å². The Morgan fingerprint density at radius 1 is 1.57 bits per heavy atom. The summed E-state index contributed by atoms with van der Waals surface area (Å²) in [6, 6.07) is 3.04. The first-order valence-corrected chi connectivity index (χ1v) is 5.14. The lowest BCUT2D eigenvalue weighted by Gasteiger charge is -2.14. The molecule has 0 aliphatic rings. The third-order valence-corrected chi connectivity index (χ3v) is 3.10. The van der Waals surface area contributed by atoms with Crippen LogP contribution in [-0.4, -0.2) is 18.7 Å². The van der Waals surface area contributed by atoms with Gasteiger partial charge in [0, 0.05) is 16.6 Å². The third-order valence-electron chi connectivity index (χ3n) is 2.05. The van der Waals surface area contributed by atoms with Crippen molar-refractivity contribution in [2.75, 3.05) is 13.6 Å². The lowest BCUT2D eigenvalue weighted by atomic mass is 10.1. The predicted molar refractivity (Wildman–Crippen MR) is 57.7 cm³/mol. The van der Waals surface area contributed by atoms with Gasteiger partial charge >= 0.3 is 0 Å². The Balaban J connectivity index is 3.11. The van der Waals surface area contributed by atoms with Crippen LogP contribution < -0.4 is 5.32 Å². The van der Waals surface area contributed by atoms with Crippen LogP contribution in [-0.2, 0) is 0 Å². The second-order valence-electron chi connectivity index (χ2n) is 3.17. The maximum atomic E-state index is 13.4. The van der Waals surface area contributed by atoms with Gasteiger partial charge in [-0.25, -0.2) is 4.39 Å². The van der Waals surface area contributed by atoms with Crippen molar-refractivity contribution < 1.29 is 9.50 Å². The van der Waals surface area contributed by atoms with Crippen LogP contribution in [0.4, 0.5) is 4.39 Å². The molecule has 0 aliphatic carbocycles. The molecule has 0 saturated heterocycles. The zero-order valence-electron chi connectivity index (χ0n) is 8.14. The molecule has 1 atom stereocenters. The zero-order valence-corrected chi connectivity index (χ0v) is 9.73. The van der Waals surface area contributed by atoms with E-state index >= 15 is 0 Å². The van der Waals surface area contributed by atoms with Gasteiger partial charge in [-0.3, -0.25) is 0 Å². The highest BCUT2D eigenvalue weighted by Crippen LogP contribution is 2.28. The van der Waals surface area contributed by atoms with Crippen molar-refractivity contribution in [3.8, 4) is 0 Å².